The van der Waals surface area contributed by atoms with Crippen molar-refractivity contribution in [2.75, 3.05) is 19.0 Å². The van der Waals surface area contributed by atoms with Crippen LogP contribution in [0, 0.1) is 12.8 Å². The minimum absolute atomic E-state index is 0.549. The Labute approximate surface area is 118 Å². The third kappa shape index (κ3) is 3.35. The molecule has 0 aromatic carbocycles. The van der Waals surface area contributed by atoms with Crippen molar-refractivity contribution >= 4 is 27.5 Å². The van der Waals surface area contributed by atoms with Crippen molar-refractivity contribution in [2.24, 2.45) is 5.92 Å². The fourth-order valence-electron chi connectivity index (χ4n) is 2.03. The number of nitrogens with zero attached hydrogens (tertiary/aromatic N) is 2. The monoisotopic (exact) mass is 279 g/mol. The fourth-order valence-corrected chi connectivity index (χ4v) is 2.91. The van der Waals surface area contributed by atoms with Crippen LogP contribution in [0.5, 0.6) is 5.88 Å². The van der Waals surface area contributed by atoms with Gasteiger partial charge in [0.2, 0.25) is 11.8 Å². The summed E-state index contributed by atoms with van der Waals surface area (Å²) in [5.74, 6) is 1.86. The lowest BCUT2D eigenvalue weighted by atomic mass is 10.1. The van der Waals surface area contributed by atoms with Crippen molar-refractivity contribution in [2.45, 2.75) is 33.6 Å². The largest absolute Gasteiger partial charge is 0.477 e. The first-order chi connectivity index (χ1) is 9.13. The van der Waals surface area contributed by atoms with Crippen LogP contribution in [0.15, 0.2) is 6.07 Å². The van der Waals surface area contributed by atoms with E-state index in [-0.39, 0.29) is 0 Å². The van der Waals surface area contributed by atoms with Gasteiger partial charge in [0, 0.05) is 11.9 Å². The highest BCUT2D eigenvalue weighted by molar-refractivity contribution is 7.18. The zero-order valence-electron chi connectivity index (χ0n) is 12.0. The zero-order valence-corrected chi connectivity index (χ0v) is 12.8. The summed E-state index contributed by atoms with van der Waals surface area (Å²) < 4.78 is 5.90. The van der Waals surface area contributed by atoms with Crippen LogP contribution in [-0.4, -0.2) is 23.6 Å². The number of hydrogen-bond donors (Lipinski definition) is 1. The van der Waals surface area contributed by atoms with Crippen molar-refractivity contribution in [3.8, 4) is 5.88 Å². The molecule has 5 heteroatoms. The van der Waals surface area contributed by atoms with Gasteiger partial charge in [0.05, 0.1) is 12.0 Å². The summed E-state index contributed by atoms with van der Waals surface area (Å²) in [7, 11) is 1.82. The van der Waals surface area contributed by atoms with Gasteiger partial charge in [-0.05, 0) is 25.3 Å². The Morgan fingerprint density at radius 3 is 2.89 bits per heavy atom. The van der Waals surface area contributed by atoms with Gasteiger partial charge in [-0.3, -0.25) is 0 Å². The van der Waals surface area contributed by atoms with E-state index in [1.54, 1.807) is 11.3 Å². The molecule has 0 fully saturated rings. The maximum absolute atomic E-state index is 5.90. The summed E-state index contributed by atoms with van der Waals surface area (Å²) in [6, 6.07) is 2.10. The molecule has 104 valence electrons. The van der Waals surface area contributed by atoms with E-state index >= 15 is 0 Å². The van der Waals surface area contributed by atoms with Crippen molar-refractivity contribution in [1.29, 1.82) is 0 Å². The number of aryl methyl sites for hydroxylation is 1. The summed E-state index contributed by atoms with van der Waals surface area (Å²) in [4.78, 5) is 11.1. The highest BCUT2D eigenvalue weighted by Gasteiger charge is 2.12. The summed E-state index contributed by atoms with van der Waals surface area (Å²) in [5, 5.41) is 4.00. The number of nitrogens with one attached hydrogen (secondary N) is 1. The van der Waals surface area contributed by atoms with Crippen LogP contribution in [-0.2, 0) is 0 Å². The van der Waals surface area contributed by atoms with Crippen molar-refractivity contribution in [1.82, 2.24) is 9.97 Å². The minimum atomic E-state index is 0.549. The van der Waals surface area contributed by atoms with Gasteiger partial charge in [-0.15, -0.1) is 11.3 Å². The van der Waals surface area contributed by atoms with Gasteiger partial charge in [0.15, 0.2) is 0 Å². The molecule has 1 atom stereocenters. The predicted molar refractivity (Wildman–Crippen MR) is 81.3 cm³/mol. The van der Waals surface area contributed by atoms with Gasteiger partial charge in [-0.25, -0.2) is 4.98 Å². The second-order valence-corrected chi connectivity index (χ2v) is 6.12. The molecule has 1 N–H and O–H groups in total. The highest BCUT2D eigenvalue weighted by atomic mass is 32.1. The molecule has 0 spiro atoms. The van der Waals surface area contributed by atoms with E-state index in [1.165, 1.54) is 17.7 Å². The molecular formula is C14H21N3OS. The molecule has 4 nitrogen and oxygen atoms in total. The molecule has 0 aliphatic carbocycles. The number of anilines is 1. The van der Waals surface area contributed by atoms with Gasteiger partial charge < -0.3 is 10.1 Å². The van der Waals surface area contributed by atoms with Crippen molar-refractivity contribution in [3.63, 3.8) is 0 Å². The molecule has 2 heterocycles. The fraction of sp³-hybridized carbons (Fsp3) is 0.571. The van der Waals surface area contributed by atoms with Crippen LogP contribution >= 0.6 is 11.3 Å². The van der Waals surface area contributed by atoms with Crippen molar-refractivity contribution in [3.05, 3.63) is 10.9 Å². The van der Waals surface area contributed by atoms with E-state index in [4.69, 9.17) is 4.74 Å². The lowest BCUT2D eigenvalue weighted by molar-refractivity contribution is 0.246. The van der Waals surface area contributed by atoms with E-state index in [1.807, 2.05) is 7.05 Å². The second kappa shape index (κ2) is 6.19. The SMILES string of the molecule is CCCC(C)COc1nc(NC)nc2sc(C)cc12. The van der Waals surface area contributed by atoms with Crippen LogP contribution in [0.1, 0.15) is 31.6 Å². The Morgan fingerprint density at radius 2 is 2.21 bits per heavy atom. The van der Waals surface area contributed by atoms with Crippen LogP contribution in [0.3, 0.4) is 0 Å². The topological polar surface area (TPSA) is 47.0 Å². The van der Waals surface area contributed by atoms with E-state index in [2.05, 4.69) is 42.1 Å². The zero-order chi connectivity index (χ0) is 13.8. The summed E-state index contributed by atoms with van der Waals surface area (Å²) in [6.45, 7) is 7.19. The number of hydrogen-bond acceptors (Lipinski definition) is 5. The number of aromatic nitrogens is 2. The lowest BCUT2D eigenvalue weighted by Gasteiger charge is -2.12. The van der Waals surface area contributed by atoms with E-state index in [0.29, 0.717) is 24.4 Å². The molecule has 0 saturated carbocycles. The normalized spacial score (nSPS) is 12.6. The van der Waals surface area contributed by atoms with Gasteiger partial charge >= 0.3 is 0 Å². The summed E-state index contributed by atoms with van der Waals surface area (Å²) >= 11 is 1.67. The number of ether oxygens (including phenoxy) is 1. The Hall–Kier alpha value is -1.36. The van der Waals surface area contributed by atoms with Gasteiger partial charge in [-0.2, -0.15) is 4.98 Å². The molecule has 1 unspecified atom stereocenters. The van der Waals surface area contributed by atoms with E-state index in [0.717, 1.165) is 10.2 Å². The quantitative estimate of drug-likeness (QED) is 0.872. The predicted octanol–water partition coefficient (Wildman–Crippen LogP) is 3.86. The van der Waals surface area contributed by atoms with E-state index < -0.39 is 0 Å². The summed E-state index contributed by atoms with van der Waals surface area (Å²) in [6.07, 6.45) is 2.36. The molecule has 2 rings (SSSR count). The Bertz CT molecular complexity index is 553. The molecule has 19 heavy (non-hydrogen) atoms. The van der Waals surface area contributed by atoms with Gasteiger partial charge in [0.1, 0.15) is 4.83 Å². The number of rotatable bonds is 6. The van der Waals surface area contributed by atoms with Crippen LogP contribution < -0.4 is 10.1 Å². The van der Waals surface area contributed by atoms with Crippen LogP contribution in [0.25, 0.3) is 10.2 Å². The molecule has 2 aromatic rings. The molecule has 0 bridgehead atoms. The molecule has 0 amide bonds. The van der Waals surface area contributed by atoms with E-state index in [9.17, 15) is 0 Å². The first-order valence-electron chi connectivity index (χ1n) is 6.72. The highest BCUT2D eigenvalue weighted by Crippen LogP contribution is 2.31. The molecule has 0 saturated heterocycles. The first kappa shape index (κ1) is 14.1. The molecule has 0 aliphatic rings. The van der Waals surface area contributed by atoms with Gasteiger partial charge in [-0.1, -0.05) is 20.3 Å². The Morgan fingerprint density at radius 1 is 1.42 bits per heavy atom. The Kier molecular flexibility index (Phi) is 4.58. The maximum atomic E-state index is 5.90. The van der Waals surface area contributed by atoms with Crippen molar-refractivity contribution < 1.29 is 4.74 Å². The summed E-state index contributed by atoms with van der Waals surface area (Å²) in [5.41, 5.74) is 0. The third-order valence-corrected chi connectivity index (χ3v) is 3.93. The number of fused-ring (bicyclic) bond motifs is 1. The average molecular weight is 279 g/mol. The molecule has 0 radical (unpaired) electrons. The second-order valence-electron chi connectivity index (χ2n) is 4.88. The average Bonchev–Trinajstić information content (AvgIpc) is 2.76. The lowest BCUT2D eigenvalue weighted by Crippen LogP contribution is -2.10. The van der Waals surface area contributed by atoms with Crippen LogP contribution in [0.2, 0.25) is 0 Å². The van der Waals surface area contributed by atoms with Gasteiger partial charge in [0.25, 0.3) is 0 Å². The maximum Gasteiger partial charge on any atom is 0.227 e. The standard InChI is InChI=1S/C14H21N3OS/c1-5-6-9(2)8-18-12-11-7-10(3)19-13(11)17-14(15-4)16-12/h7,9H,5-6,8H2,1-4H3,(H,15,16,17). The third-order valence-electron chi connectivity index (χ3n) is 2.99. The van der Waals surface area contributed by atoms with Crippen LogP contribution in [0.4, 0.5) is 5.95 Å². The Balaban J connectivity index is 2.24. The molecule has 2 aromatic heterocycles. The number of thiophene rings is 1. The minimum Gasteiger partial charge on any atom is -0.477 e. The molecule has 0 aliphatic heterocycles. The smallest absolute Gasteiger partial charge is 0.227 e. The molecular weight excluding hydrogens is 258 g/mol. The first-order valence-corrected chi connectivity index (χ1v) is 7.54.